The summed E-state index contributed by atoms with van der Waals surface area (Å²) in [5, 5.41) is 8.24. The van der Waals surface area contributed by atoms with E-state index in [1.165, 1.54) is 0 Å². The number of aryl methyl sites for hydroxylation is 2. The van der Waals surface area contributed by atoms with Gasteiger partial charge in [0.1, 0.15) is 11.3 Å². The average Bonchev–Trinajstić information content (AvgIpc) is 2.75. The number of hydrogen-bond donors (Lipinski definition) is 2. The average molecular weight is 311 g/mol. The maximum absolute atomic E-state index is 11.8. The van der Waals surface area contributed by atoms with Gasteiger partial charge in [0, 0.05) is 6.54 Å². The highest BCUT2D eigenvalue weighted by Gasteiger charge is 2.20. The Labute approximate surface area is 128 Å². The first-order valence-corrected chi connectivity index (χ1v) is 6.99. The third-order valence-corrected chi connectivity index (χ3v) is 2.83. The van der Waals surface area contributed by atoms with Crippen molar-refractivity contribution < 1.29 is 23.6 Å². The zero-order valence-corrected chi connectivity index (χ0v) is 13.2. The van der Waals surface area contributed by atoms with Crippen LogP contribution < -0.4 is 10.6 Å². The monoisotopic (exact) mass is 311 g/mol. The van der Waals surface area contributed by atoms with Gasteiger partial charge in [-0.3, -0.25) is 10.1 Å². The first-order valence-electron chi connectivity index (χ1n) is 6.99. The molecule has 8 heteroatoms. The highest BCUT2D eigenvalue weighted by atomic mass is 16.5. The molecule has 0 aliphatic carbocycles. The summed E-state index contributed by atoms with van der Waals surface area (Å²) in [6.07, 6.45) is 0.808. The molecule has 8 nitrogen and oxygen atoms in total. The topological polar surface area (TPSA) is 111 Å². The van der Waals surface area contributed by atoms with E-state index in [1.54, 1.807) is 13.8 Å². The number of ether oxygens (including phenoxy) is 1. The van der Waals surface area contributed by atoms with Crippen molar-refractivity contribution in [2.24, 2.45) is 5.92 Å². The van der Waals surface area contributed by atoms with Crippen LogP contribution in [0.3, 0.4) is 0 Å². The van der Waals surface area contributed by atoms with Crippen molar-refractivity contribution in [3.8, 4) is 0 Å². The molecular formula is C14H21N3O5. The lowest BCUT2D eigenvalue weighted by Gasteiger charge is -2.08. The van der Waals surface area contributed by atoms with Crippen LogP contribution >= 0.6 is 0 Å². The van der Waals surface area contributed by atoms with Gasteiger partial charge in [0.25, 0.3) is 5.91 Å². The number of nitrogens with one attached hydrogen (secondary N) is 2. The fourth-order valence-electron chi connectivity index (χ4n) is 1.66. The molecule has 2 N–H and O–H groups in total. The SMILES string of the molecule is Cc1noc(C)c1C(=O)OCC(=O)NC(=O)NCCC(C)C. The van der Waals surface area contributed by atoms with Crippen molar-refractivity contribution in [3.63, 3.8) is 0 Å². The Kier molecular flexibility index (Phi) is 6.55. The van der Waals surface area contributed by atoms with Crippen molar-refractivity contribution in [2.75, 3.05) is 13.2 Å². The molecule has 1 rings (SSSR count). The molecular weight excluding hydrogens is 290 g/mol. The van der Waals surface area contributed by atoms with Crippen molar-refractivity contribution in [1.29, 1.82) is 0 Å². The molecule has 0 saturated heterocycles. The number of carbonyl (C=O) groups excluding carboxylic acids is 3. The lowest BCUT2D eigenvalue weighted by atomic mass is 10.1. The Hall–Kier alpha value is -2.38. The fraction of sp³-hybridized carbons (Fsp3) is 0.571. The van der Waals surface area contributed by atoms with Gasteiger partial charge in [0.15, 0.2) is 6.61 Å². The van der Waals surface area contributed by atoms with E-state index in [4.69, 9.17) is 9.26 Å². The Bertz CT molecular complexity index is 531. The summed E-state index contributed by atoms with van der Waals surface area (Å²) in [6, 6.07) is -0.612. The maximum atomic E-state index is 11.8. The predicted octanol–water partition coefficient (Wildman–Crippen LogP) is 1.32. The minimum Gasteiger partial charge on any atom is -0.452 e. The molecule has 0 radical (unpaired) electrons. The largest absolute Gasteiger partial charge is 0.452 e. The second-order valence-corrected chi connectivity index (χ2v) is 5.26. The van der Waals surface area contributed by atoms with E-state index < -0.39 is 24.5 Å². The molecule has 0 fully saturated rings. The number of amides is 3. The minimum absolute atomic E-state index is 0.189. The minimum atomic E-state index is -0.716. The van der Waals surface area contributed by atoms with Crippen LogP contribution in [0.1, 0.15) is 42.1 Å². The summed E-state index contributed by atoms with van der Waals surface area (Å²) < 4.78 is 9.66. The highest BCUT2D eigenvalue weighted by Crippen LogP contribution is 2.13. The van der Waals surface area contributed by atoms with E-state index >= 15 is 0 Å². The molecule has 0 aliphatic rings. The molecule has 0 unspecified atom stereocenters. The van der Waals surface area contributed by atoms with Crippen molar-refractivity contribution in [2.45, 2.75) is 34.1 Å². The summed E-state index contributed by atoms with van der Waals surface area (Å²) in [5.74, 6) is -0.657. The number of urea groups is 1. The van der Waals surface area contributed by atoms with Crippen LogP contribution in [0.25, 0.3) is 0 Å². The number of imide groups is 1. The summed E-state index contributed by atoms with van der Waals surface area (Å²) in [6.45, 7) is 7.13. The summed E-state index contributed by atoms with van der Waals surface area (Å²) in [7, 11) is 0. The van der Waals surface area contributed by atoms with Crippen molar-refractivity contribution >= 4 is 17.9 Å². The van der Waals surface area contributed by atoms with E-state index in [0.717, 1.165) is 6.42 Å². The predicted molar refractivity (Wildman–Crippen MR) is 77.3 cm³/mol. The molecule has 3 amide bonds. The Balaban J connectivity index is 2.34. The summed E-state index contributed by atoms with van der Waals surface area (Å²) >= 11 is 0. The molecule has 0 spiro atoms. The van der Waals surface area contributed by atoms with E-state index in [9.17, 15) is 14.4 Å². The smallest absolute Gasteiger partial charge is 0.344 e. The van der Waals surface area contributed by atoms with Gasteiger partial charge < -0.3 is 14.6 Å². The molecule has 0 aromatic carbocycles. The molecule has 0 aliphatic heterocycles. The van der Waals surface area contributed by atoms with E-state index in [2.05, 4.69) is 15.8 Å². The Morgan fingerprint density at radius 1 is 1.27 bits per heavy atom. The molecule has 0 saturated carbocycles. The lowest BCUT2D eigenvalue weighted by molar-refractivity contribution is -0.123. The number of nitrogens with zero attached hydrogens (tertiary/aromatic N) is 1. The zero-order valence-electron chi connectivity index (χ0n) is 13.2. The van der Waals surface area contributed by atoms with Crippen LogP contribution in [0.4, 0.5) is 4.79 Å². The maximum Gasteiger partial charge on any atom is 0.344 e. The van der Waals surface area contributed by atoms with Gasteiger partial charge in [0.2, 0.25) is 0 Å². The van der Waals surface area contributed by atoms with Gasteiger partial charge in [0.05, 0.1) is 5.69 Å². The third-order valence-electron chi connectivity index (χ3n) is 2.83. The molecule has 0 atom stereocenters. The van der Waals surface area contributed by atoms with Gasteiger partial charge >= 0.3 is 12.0 Å². The normalized spacial score (nSPS) is 10.4. The van der Waals surface area contributed by atoms with Gasteiger partial charge in [-0.15, -0.1) is 0 Å². The molecule has 1 aromatic rings. The fourth-order valence-corrected chi connectivity index (χ4v) is 1.66. The van der Waals surface area contributed by atoms with Gasteiger partial charge in [-0.05, 0) is 26.2 Å². The van der Waals surface area contributed by atoms with E-state index in [0.29, 0.717) is 23.9 Å². The van der Waals surface area contributed by atoms with E-state index in [-0.39, 0.29) is 5.56 Å². The third kappa shape index (κ3) is 5.55. The van der Waals surface area contributed by atoms with Crippen LogP contribution in [0, 0.1) is 19.8 Å². The summed E-state index contributed by atoms with van der Waals surface area (Å²) in [5.41, 5.74) is 0.573. The van der Waals surface area contributed by atoms with Gasteiger partial charge in [-0.1, -0.05) is 19.0 Å². The van der Waals surface area contributed by atoms with Gasteiger partial charge in [-0.2, -0.15) is 0 Å². The van der Waals surface area contributed by atoms with Crippen LogP contribution in [0.2, 0.25) is 0 Å². The van der Waals surface area contributed by atoms with Crippen LogP contribution in [0.15, 0.2) is 4.52 Å². The first-order chi connectivity index (χ1) is 10.3. The zero-order chi connectivity index (χ0) is 16.7. The second kappa shape index (κ2) is 8.16. The van der Waals surface area contributed by atoms with Crippen molar-refractivity contribution in [1.82, 2.24) is 15.8 Å². The van der Waals surface area contributed by atoms with Crippen LogP contribution in [0.5, 0.6) is 0 Å². The van der Waals surface area contributed by atoms with Crippen molar-refractivity contribution in [3.05, 3.63) is 17.0 Å². The second-order valence-electron chi connectivity index (χ2n) is 5.26. The Morgan fingerprint density at radius 2 is 1.95 bits per heavy atom. The molecule has 1 heterocycles. The number of carbonyl (C=O) groups is 3. The van der Waals surface area contributed by atoms with Gasteiger partial charge in [-0.25, -0.2) is 9.59 Å². The highest BCUT2D eigenvalue weighted by molar-refractivity contribution is 5.97. The Morgan fingerprint density at radius 3 is 2.50 bits per heavy atom. The standard InChI is InChI=1S/C14H21N3O5/c1-8(2)5-6-15-14(20)16-11(18)7-21-13(19)12-9(3)17-22-10(12)4/h8H,5-7H2,1-4H3,(H2,15,16,18,20). The molecule has 0 bridgehead atoms. The van der Waals surface area contributed by atoms with Crippen LogP contribution in [-0.2, 0) is 9.53 Å². The number of aromatic nitrogens is 1. The van der Waals surface area contributed by atoms with E-state index in [1.807, 2.05) is 13.8 Å². The quantitative estimate of drug-likeness (QED) is 0.767. The number of esters is 1. The molecule has 22 heavy (non-hydrogen) atoms. The lowest BCUT2D eigenvalue weighted by Crippen LogP contribution is -2.42. The first kappa shape index (κ1) is 17.7. The number of hydrogen-bond acceptors (Lipinski definition) is 6. The van der Waals surface area contributed by atoms with Crippen LogP contribution in [-0.4, -0.2) is 36.2 Å². The molecule has 1 aromatic heterocycles. The molecule has 122 valence electrons. The number of rotatable bonds is 6. The summed E-state index contributed by atoms with van der Waals surface area (Å²) in [4.78, 5) is 34.7.